The molecular formula is C12H18N4O3. The number of aromatic nitrogens is 2. The number of carboxylic acid groups (broad SMARTS) is 1. The van der Waals surface area contributed by atoms with Gasteiger partial charge in [0, 0.05) is 24.9 Å². The van der Waals surface area contributed by atoms with Gasteiger partial charge in [-0.2, -0.15) is 0 Å². The van der Waals surface area contributed by atoms with E-state index in [1.807, 2.05) is 6.92 Å². The van der Waals surface area contributed by atoms with E-state index in [4.69, 9.17) is 5.11 Å². The van der Waals surface area contributed by atoms with E-state index in [-0.39, 0.29) is 24.2 Å². The lowest BCUT2D eigenvalue weighted by Gasteiger charge is -2.18. The third kappa shape index (κ3) is 3.31. The molecule has 1 fully saturated rings. The van der Waals surface area contributed by atoms with Gasteiger partial charge in [-0.25, -0.2) is 9.78 Å². The molecule has 0 saturated carbocycles. The van der Waals surface area contributed by atoms with Crippen LogP contribution in [-0.4, -0.2) is 46.1 Å². The molecule has 19 heavy (non-hydrogen) atoms. The number of carboxylic acids is 1. The van der Waals surface area contributed by atoms with Crippen LogP contribution in [0.5, 0.6) is 0 Å². The van der Waals surface area contributed by atoms with Crippen molar-refractivity contribution in [2.75, 3.05) is 13.1 Å². The highest BCUT2D eigenvalue weighted by atomic mass is 16.4. The van der Waals surface area contributed by atoms with E-state index in [9.17, 15) is 9.59 Å². The second kappa shape index (κ2) is 5.83. The van der Waals surface area contributed by atoms with Gasteiger partial charge in [0.25, 0.3) is 0 Å². The fourth-order valence-corrected chi connectivity index (χ4v) is 2.26. The van der Waals surface area contributed by atoms with Crippen molar-refractivity contribution in [2.45, 2.75) is 19.4 Å². The lowest BCUT2D eigenvalue weighted by Crippen LogP contribution is -2.46. The molecule has 0 bridgehead atoms. The Morgan fingerprint density at radius 1 is 1.58 bits per heavy atom. The topological polar surface area (TPSA) is 107 Å². The average Bonchev–Trinajstić information content (AvgIpc) is 2.99. The fourth-order valence-electron chi connectivity index (χ4n) is 2.26. The van der Waals surface area contributed by atoms with Crippen LogP contribution in [0.25, 0.3) is 0 Å². The highest BCUT2D eigenvalue weighted by Gasteiger charge is 2.32. The van der Waals surface area contributed by atoms with Gasteiger partial charge in [0.2, 0.25) is 5.91 Å². The molecule has 2 rings (SSSR count). The van der Waals surface area contributed by atoms with Crippen LogP contribution in [0.2, 0.25) is 0 Å². The van der Waals surface area contributed by atoms with E-state index >= 15 is 0 Å². The van der Waals surface area contributed by atoms with Crippen molar-refractivity contribution in [2.24, 2.45) is 11.8 Å². The van der Waals surface area contributed by atoms with Crippen molar-refractivity contribution in [3.05, 3.63) is 18.2 Å². The first-order chi connectivity index (χ1) is 9.08. The highest BCUT2D eigenvalue weighted by molar-refractivity contribution is 5.85. The average molecular weight is 266 g/mol. The minimum Gasteiger partial charge on any atom is -0.480 e. The van der Waals surface area contributed by atoms with Crippen molar-refractivity contribution in [3.63, 3.8) is 0 Å². The second-order valence-corrected chi connectivity index (χ2v) is 4.92. The quantitative estimate of drug-likeness (QED) is 0.568. The number of rotatable bonds is 5. The first kappa shape index (κ1) is 13.5. The monoisotopic (exact) mass is 266 g/mol. The third-order valence-corrected chi connectivity index (χ3v) is 3.45. The summed E-state index contributed by atoms with van der Waals surface area (Å²) in [5.41, 5.74) is 0.685. The second-order valence-electron chi connectivity index (χ2n) is 4.92. The van der Waals surface area contributed by atoms with Crippen LogP contribution in [0.4, 0.5) is 0 Å². The van der Waals surface area contributed by atoms with E-state index in [0.717, 1.165) is 6.54 Å². The summed E-state index contributed by atoms with van der Waals surface area (Å²) in [6, 6.07) is -0.930. The Hall–Kier alpha value is -1.89. The zero-order valence-electron chi connectivity index (χ0n) is 10.7. The van der Waals surface area contributed by atoms with Crippen molar-refractivity contribution in [3.8, 4) is 0 Å². The Morgan fingerprint density at radius 2 is 2.37 bits per heavy atom. The molecule has 1 saturated heterocycles. The molecule has 1 amide bonds. The number of hydrogen-bond acceptors (Lipinski definition) is 4. The minimum absolute atomic E-state index is 0.163. The summed E-state index contributed by atoms with van der Waals surface area (Å²) in [6.07, 6.45) is 3.25. The van der Waals surface area contributed by atoms with Gasteiger partial charge in [0.15, 0.2) is 0 Å². The summed E-state index contributed by atoms with van der Waals surface area (Å²) < 4.78 is 0. The standard InChI is InChI=1S/C12H18N4O3/c1-7-3-13-5-9(7)11(17)16-10(12(18)19)2-8-4-14-6-15-8/h4,6-7,9-10,13H,2-3,5H2,1H3,(H,14,15)(H,16,17)(H,18,19). The smallest absolute Gasteiger partial charge is 0.326 e. The maximum absolute atomic E-state index is 12.1. The van der Waals surface area contributed by atoms with Crippen molar-refractivity contribution in [1.29, 1.82) is 0 Å². The molecule has 1 aliphatic rings. The summed E-state index contributed by atoms with van der Waals surface area (Å²) in [7, 11) is 0. The molecule has 0 spiro atoms. The van der Waals surface area contributed by atoms with Gasteiger partial charge >= 0.3 is 5.97 Å². The number of hydrogen-bond donors (Lipinski definition) is 4. The summed E-state index contributed by atoms with van der Waals surface area (Å²) in [6.45, 7) is 3.37. The van der Waals surface area contributed by atoms with Crippen molar-refractivity contribution >= 4 is 11.9 Å². The van der Waals surface area contributed by atoms with E-state index in [0.29, 0.717) is 12.2 Å². The number of amides is 1. The molecule has 3 atom stereocenters. The lowest BCUT2D eigenvalue weighted by molar-refractivity contribution is -0.142. The van der Waals surface area contributed by atoms with Crippen molar-refractivity contribution in [1.82, 2.24) is 20.6 Å². The van der Waals surface area contributed by atoms with Gasteiger partial charge in [0.1, 0.15) is 6.04 Å². The number of aromatic amines is 1. The van der Waals surface area contributed by atoms with Gasteiger partial charge < -0.3 is 20.7 Å². The van der Waals surface area contributed by atoms with Gasteiger partial charge in [-0.15, -0.1) is 0 Å². The Morgan fingerprint density at radius 3 is 2.89 bits per heavy atom. The van der Waals surface area contributed by atoms with Crippen LogP contribution in [0.1, 0.15) is 12.6 Å². The summed E-state index contributed by atoms with van der Waals surface area (Å²) >= 11 is 0. The van der Waals surface area contributed by atoms with Crippen LogP contribution in [0.3, 0.4) is 0 Å². The maximum Gasteiger partial charge on any atom is 0.326 e. The number of H-pyrrole nitrogens is 1. The maximum atomic E-state index is 12.1. The largest absolute Gasteiger partial charge is 0.480 e. The molecule has 0 aromatic carbocycles. The number of nitrogens with one attached hydrogen (secondary N) is 3. The zero-order chi connectivity index (χ0) is 13.8. The van der Waals surface area contributed by atoms with Crippen LogP contribution in [0, 0.1) is 11.8 Å². The van der Waals surface area contributed by atoms with E-state index in [1.54, 1.807) is 6.20 Å². The van der Waals surface area contributed by atoms with Crippen LogP contribution in [0.15, 0.2) is 12.5 Å². The molecule has 1 aliphatic heterocycles. The number of aliphatic carboxylic acids is 1. The van der Waals surface area contributed by atoms with E-state index in [2.05, 4.69) is 20.6 Å². The van der Waals surface area contributed by atoms with E-state index in [1.165, 1.54) is 6.33 Å². The molecular weight excluding hydrogens is 248 g/mol. The molecule has 2 heterocycles. The lowest BCUT2D eigenvalue weighted by atomic mass is 9.96. The first-order valence-electron chi connectivity index (χ1n) is 6.29. The first-order valence-corrected chi connectivity index (χ1v) is 6.29. The van der Waals surface area contributed by atoms with Crippen LogP contribution < -0.4 is 10.6 Å². The molecule has 1 aromatic rings. The van der Waals surface area contributed by atoms with Crippen molar-refractivity contribution < 1.29 is 14.7 Å². The Labute approximate surface area is 110 Å². The van der Waals surface area contributed by atoms with E-state index < -0.39 is 12.0 Å². The number of imidazole rings is 1. The molecule has 4 N–H and O–H groups in total. The molecule has 104 valence electrons. The number of nitrogens with zero attached hydrogens (tertiary/aromatic N) is 1. The predicted octanol–water partition coefficient (Wildman–Crippen LogP) is -0.623. The third-order valence-electron chi connectivity index (χ3n) is 3.45. The summed E-state index contributed by atoms with van der Waals surface area (Å²) in [5.74, 6) is -1.18. The summed E-state index contributed by atoms with van der Waals surface area (Å²) in [4.78, 5) is 29.9. The van der Waals surface area contributed by atoms with Gasteiger partial charge in [-0.05, 0) is 12.5 Å². The number of carbonyl (C=O) groups excluding carboxylic acids is 1. The summed E-state index contributed by atoms with van der Waals surface area (Å²) in [5, 5.41) is 14.9. The van der Waals surface area contributed by atoms with Gasteiger partial charge in [-0.1, -0.05) is 6.92 Å². The van der Waals surface area contributed by atoms with Crippen LogP contribution in [-0.2, 0) is 16.0 Å². The SMILES string of the molecule is CC1CNCC1C(=O)NC(Cc1cnc[nH]1)C(=O)O. The minimum atomic E-state index is -1.04. The molecule has 7 heteroatoms. The molecule has 1 aromatic heterocycles. The Kier molecular flexibility index (Phi) is 4.16. The van der Waals surface area contributed by atoms with Gasteiger partial charge in [0.05, 0.1) is 12.2 Å². The molecule has 0 aliphatic carbocycles. The fraction of sp³-hybridized carbons (Fsp3) is 0.583. The highest BCUT2D eigenvalue weighted by Crippen LogP contribution is 2.16. The van der Waals surface area contributed by atoms with Gasteiger partial charge in [-0.3, -0.25) is 4.79 Å². The Balaban J connectivity index is 1.96. The Bertz CT molecular complexity index is 446. The molecule has 0 radical (unpaired) electrons. The predicted molar refractivity (Wildman–Crippen MR) is 67.4 cm³/mol. The van der Waals surface area contributed by atoms with Crippen LogP contribution >= 0.6 is 0 Å². The number of carbonyl (C=O) groups is 2. The molecule has 3 unspecified atom stereocenters. The normalized spacial score (nSPS) is 24.1. The zero-order valence-corrected chi connectivity index (χ0v) is 10.7. The molecule has 7 nitrogen and oxygen atoms in total.